The van der Waals surface area contributed by atoms with Crippen molar-refractivity contribution in [1.82, 2.24) is 0 Å². The number of aromatic carboxylic acids is 1. The average Bonchev–Trinajstić information content (AvgIpc) is 2.42. The fourth-order valence-corrected chi connectivity index (χ4v) is 1.76. The van der Waals surface area contributed by atoms with Gasteiger partial charge in [-0.25, -0.2) is 4.79 Å². The van der Waals surface area contributed by atoms with Crippen molar-refractivity contribution in [1.29, 1.82) is 0 Å². The van der Waals surface area contributed by atoms with E-state index in [0.717, 1.165) is 0 Å². The van der Waals surface area contributed by atoms with Crippen LogP contribution in [-0.4, -0.2) is 22.1 Å². The summed E-state index contributed by atoms with van der Waals surface area (Å²) in [5.41, 5.74) is 0.0693. The van der Waals surface area contributed by atoms with Gasteiger partial charge in [0.2, 0.25) is 5.91 Å². The van der Waals surface area contributed by atoms with Crippen molar-refractivity contribution < 1.29 is 24.5 Å². The molecule has 0 aliphatic carbocycles. The van der Waals surface area contributed by atoms with Crippen molar-refractivity contribution in [3.8, 4) is 17.2 Å². The van der Waals surface area contributed by atoms with Gasteiger partial charge >= 0.3 is 5.97 Å². The zero-order valence-corrected chi connectivity index (χ0v) is 11.2. The van der Waals surface area contributed by atoms with Crippen molar-refractivity contribution >= 4 is 17.6 Å². The van der Waals surface area contributed by atoms with Crippen molar-refractivity contribution in [2.75, 3.05) is 5.32 Å². The monoisotopic (exact) mass is 287 g/mol. The quantitative estimate of drug-likeness (QED) is 0.751. The van der Waals surface area contributed by atoms with E-state index in [1.165, 1.54) is 37.3 Å². The number of phenolic OH excluding ortho intramolecular Hbond substituents is 1. The molecule has 0 heterocycles. The number of rotatable bonds is 4. The van der Waals surface area contributed by atoms with Crippen LogP contribution in [0.15, 0.2) is 42.5 Å². The predicted molar refractivity (Wildman–Crippen MR) is 75.9 cm³/mol. The number of nitrogens with one attached hydrogen (secondary N) is 1. The molecule has 0 aliphatic heterocycles. The molecule has 6 heteroatoms. The molecule has 1 amide bonds. The fraction of sp³-hybridized carbons (Fsp3) is 0.0667. The molecule has 0 aliphatic rings. The first-order valence-electron chi connectivity index (χ1n) is 6.09. The Balaban J connectivity index is 2.43. The fourth-order valence-electron chi connectivity index (χ4n) is 1.76. The van der Waals surface area contributed by atoms with Gasteiger partial charge in [-0.05, 0) is 24.3 Å². The number of carboxylic acid groups (broad SMARTS) is 1. The highest BCUT2D eigenvalue weighted by molar-refractivity contribution is 5.93. The van der Waals surface area contributed by atoms with Crippen LogP contribution in [0.5, 0.6) is 17.2 Å². The summed E-state index contributed by atoms with van der Waals surface area (Å²) in [6, 6.07) is 10.5. The molecule has 0 atom stereocenters. The molecule has 2 aromatic rings. The number of carbonyl (C=O) groups excluding carboxylic acids is 1. The first kappa shape index (κ1) is 14.4. The lowest BCUT2D eigenvalue weighted by atomic mass is 10.2. The van der Waals surface area contributed by atoms with Crippen molar-refractivity contribution in [2.24, 2.45) is 0 Å². The number of hydrogen-bond acceptors (Lipinski definition) is 4. The normalized spacial score (nSPS) is 9.95. The van der Waals surface area contributed by atoms with Crippen LogP contribution in [-0.2, 0) is 4.79 Å². The van der Waals surface area contributed by atoms with Crippen molar-refractivity contribution in [3.63, 3.8) is 0 Å². The number of aromatic hydroxyl groups is 1. The topological polar surface area (TPSA) is 95.9 Å². The molecule has 0 radical (unpaired) electrons. The van der Waals surface area contributed by atoms with Crippen molar-refractivity contribution in [2.45, 2.75) is 6.92 Å². The molecule has 0 fully saturated rings. The van der Waals surface area contributed by atoms with Gasteiger partial charge in [-0.2, -0.15) is 0 Å². The molecule has 2 aromatic carbocycles. The molecular formula is C15H13NO5. The lowest BCUT2D eigenvalue weighted by molar-refractivity contribution is -0.114. The molecule has 6 nitrogen and oxygen atoms in total. The average molecular weight is 287 g/mol. The number of para-hydroxylation sites is 2. The smallest absolute Gasteiger partial charge is 0.339 e. The minimum absolute atomic E-state index is 0.0189. The molecule has 0 unspecified atom stereocenters. The van der Waals surface area contributed by atoms with Crippen LogP contribution in [0.3, 0.4) is 0 Å². The van der Waals surface area contributed by atoms with Gasteiger partial charge in [0.05, 0.1) is 0 Å². The van der Waals surface area contributed by atoms with E-state index in [0.29, 0.717) is 0 Å². The maximum atomic E-state index is 11.2. The summed E-state index contributed by atoms with van der Waals surface area (Å²) in [6.07, 6.45) is 0. The lowest BCUT2D eigenvalue weighted by Gasteiger charge is -2.14. The Morgan fingerprint density at radius 3 is 2.38 bits per heavy atom. The zero-order chi connectivity index (χ0) is 15.4. The number of carboxylic acids is 1. The SMILES string of the molecule is CC(=O)Nc1c(O)cccc1Oc1ccccc1C(=O)O. The molecule has 2 rings (SSSR count). The van der Waals surface area contributed by atoms with Gasteiger partial charge in [-0.1, -0.05) is 18.2 Å². The highest BCUT2D eigenvalue weighted by Gasteiger charge is 2.15. The maximum Gasteiger partial charge on any atom is 0.339 e. The Hall–Kier alpha value is -3.02. The van der Waals surface area contributed by atoms with Gasteiger partial charge in [-0.3, -0.25) is 4.79 Å². The van der Waals surface area contributed by atoms with E-state index in [9.17, 15) is 14.7 Å². The Morgan fingerprint density at radius 1 is 1.05 bits per heavy atom. The minimum atomic E-state index is -1.13. The number of ether oxygens (including phenoxy) is 1. The van der Waals surface area contributed by atoms with Crippen LogP contribution in [0, 0.1) is 0 Å². The second-order valence-electron chi connectivity index (χ2n) is 4.23. The molecule has 0 bridgehead atoms. The van der Waals surface area contributed by atoms with E-state index in [1.807, 2.05) is 0 Å². The first-order chi connectivity index (χ1) is 9.99. The minimum Gasteiger partial charge on any atom is -0.506 e. The molecule has 21 heavy (non-hydrogen) atoms. The number of benzene rings is 2. The summed E-state index contributed by atoms with van der Waals surface area (Å²) >= 11 is 0. The highest BCUT2D eigenvalue weighted by atomic mass is 16.5. The van der Waals surface area contributed by atoms with Crippen LogP contribution in [0.2, 0.25) is 0 Å². The van der Waals surface area contributed by atoms with Crippen molar-refractivity contribution in [3.05, 3.63) is 48.0 Å². The molecule has 0 spiro atoms. The van der Waals surface area contributed by atoms with E-state index in [2.05, 4.69) is 5.32 Å². The Bertz CT molecular complexity index is 696. The van der Waals surface area contributed by atoms with Crippen LogP contribution in [0.4, 0.5) is 5.69 Å². The number of anilines is 1. The lowest BCUT2D eigenvalue weighted by Crippen LogP contribution is -2.07. The van der Waals surface area contributed by atoms with Gasteiger partial charge in [-0.15, -0.1) is 0 Å². The summed E-state index contributed by atoms with van der Waals surface area (Å²) in [4.78, 5) is 22.3. The van der Waals surface area contributed by atoms with E-state index >= 15 is 0 Å². The Kier molecular flexibility index (Phi) is 4.08. The van der Waals surface area contributed by atoms with Gasteiger partial charge in [0.1, 0.15) is 22.7 Å². The van der Waals surface area contributed by atoms with Crippen LogP contribution in [0.1, 0.15) is 17.3 Å². The third-order valence-electron chi connectivity index (χ3n) is 2.64. The molecule has 0 aromatic heterocycles. The number of carbonyl (C=O) groups is 2. The van der Waals surface area contributed by atoms with Gasteiger partial charge in [0, 0.05) is 6.92 Å². The zero-order valence-electron chi connectivity index (χ0n) is 11.2. The van der Waals surface area contributed by atoms with Gasteiger partial charge in [0.15, 0.2) is 5.75 Å². The largest absolute Gasteiger partial charge is 0.506 e. The summed E-state index contributed by atoms with van der Waals surface area (Å²) in [5.74, 6) is -1.42. The second kappa shape index (κ2) is 5.96. The highest BCUT2D eigenvalue weighted by Crippen LogP contribution is 2.37. The first-order valence-corrected chi connectivity index (χ1v) is 6.09. The molecule has 108 valence electrons. The third-order valence-corrected chi connectivity index (χ3v) is 2.64. The standard InChI is InChI=1S/C15H13NO5/c1-9(17)16-14-11(18)6-4-8-13(14)21-12-7-3-2-5-10(12)15(19)20/h2-8,18H,1H3,(H,16,17)(H,19,20). The predicted octanol–water partition coefficient (Wildman–Crippen LogP) is 2.84. The second-order valence-corrected chi connectivity index (χ2v) is 4.23. The van der Waals surface area contributed by atoms with Crippen LogP contribution >= 0.6 is 0 Å². The van der Waals surface area contributed by atoms with E-state index in [4.69, 9.17) is 9.84 Å². The number of phenols is 1. The molecule has 0 saturated heterocycles. The van der Waals surface area contributed by atoms with Crippen LogP contribution in [0.25, 0.3) is 0 Å². The molecule has 3 N–H and O–H groups in total. The Morgan fingerprint density at radius 2 is 1.71 bits per heavy atom. The molecule has 0 saturated carbocycles. The number of hydrogen-bond donors (Lipinski definition) is 3. The Labute approximate surface area is 120 Å². The van der Waals surface area contributed by atoms with Gasteiger partial charge < -0.3 is 20.3 Å². The summed E-state index contributed by atoms with van der Waals surface area (Å²) < 4.78 is 5.53. The van der Waals surface area contributed by atoms with Crippen LogP contribution < -0.4 is 10.1 Å². The molecular weight excluding hydrogens is 274 g/mol. The summed E-state index contributed by atoms with van der Waals surface area (Å²) in [7, 11) is 0. The van der Waals surface area contributed by atoms with E-state index < -0.39 is 5.97 Å². The maximum absolute atomic E-state index is 11.2. The van der Waals surface area contributed by atoms with E-state index in [-0.39, 0.29) is 34.4 Å². The van der Waals surface area contributed by atoms with Gasteiger partial charge in [0.25, 0.3) is 0 Å². The van der Waals surface area contributed by atoms with E-state index in [1.54, 1.807) is 12.1 Å². The third kappa shape index (κ3) is 3.30. The number of amides is 1. The summed E-state index contributed by atoms with van der Waals surface area (Å²) in [6.45, 7) is 1.29. The summed E-state index contributed by atoms with van der Waals surface area (Å²) in [5, 5.41) is 21.3.